The van der Waals surface area contributed by atoms with Gasteiger partial charge in [-0.2, -0.15) is 8.42 Å². The van der Waals surface area contributed by atoms with E-state index in [9.17, 15) is 13.2 Å². The summed E-state index contributed by atoms with van der Waals surface area (Å²) in [5, 5.41) is 3.56. The molecule has 2 rings (SSSR count). The number of amides is 1. The molecule has 0 atom stereocenters. The monoisotopic (exact) mass is 470 g/mol. The van der Waals surface area contributed by atoms with E-state index in [-0.39, 0.29) is 17.4 Å². The van der Waals surface area contributed by atoms with Crippen molar-refractivity contribution in [3.05, 3.63) is 21.4 Å². The second kappa shape index (κ2) is 7.55. The maximum absolute atomic E-state index is 11.0. The molecule has 1 heterocycles. The number of fused-ring (bicyclic) bond motifs is 1. The third kappa shape index (κ3) is 4.72. The average Bonchev–Trinajstić information content (AvgIpc) is 2.78. The maximum Gasteiger partial charge on any atom is 0.432 e. The Bertz CT molecular complexity index is 863. The van der Waals surface area contributed by atoms with Gasteiger partial charge in [-0.05, 0) is 45.0 Å². The molecule has 0 aliphatic carbocycles. The van der Waals surface area contributed by atoms with Gasteiger partial charge in [0.05, 0.1) is 16.3 Å². The van der Waals surface area contributed by atoms with Gasteiger partial charge in [0.25, 0.3) is 0 Å². The Morgan fingerprint density at radius 2 is 2.08 bits per heavy atom. The van der Waals surface area contributed by atoms with Crippen LogP contribution in [0.15, 0.2) is 12.1 Å². The van der Waals surface area contributed by atoms with Crippen LogP contribution in [0.5, 0.6) is 11.5 Å². The van der Waals surface area contributed by atoms with Gasteiger partial charge in [0.15, 0.2) is 5.75 Å². The van der Waals surface area contributed by atoms with Crippen LogP contribution in [-0.2, 0) is 25.9 Å². The highest BCUT2D eigenvalue weighted by atomic mass is 127. The normalized spacial score (nSPS) is 11.5. The predicted octanol–water partition coefficient (Wildman–Crippen LogP) is 1.57. The number of hydrogen-bond donors (Lipinski definition) is 3. The molecule has 1 aromatic carbocycles. The van der Waals surface area contributed by atoms with Crippen molar-refractivity contribution in [3.8, 4) is 11.5 Å². The molecular weight excluding hydrogens is 455 g/mol. The zero-order valence-corrected chi connectivity index (χ0v) is 15.7. The second-order valence-corrected chi connectivity index (χ2v) is 6.85. The summed E-state index contributed by atoms with van der Waals surface area (Å²) in [5.41, 5.74) is 1.63. The summed E-state index contributed by atoms with van der Waals surface area (Å²) >= 11 is 2.12. The van der Waals surface area contributed by atoms with Crippen molar-refractivity contribution in [2.24, 2.45) is 0 Å². The van der Waals surface area contributed by atoms with E-state index in [0.29, 0.717) is 18.5 Å². The molecule has 0 unspecified atom stereocenters. The first-order valence-electron chi connectivity index (χ1n) is 6.67. The van der Waals surface area contributed by atoms with Crippen molar-refractivity contribution in [2.75, 3.05) is 13.7 Å². The summed E-state index contributed by atoms with van der Waals surface area (Å²) in [6, 6.07) is 3.14. The van der Waals surface area contributed by atoms with E-state index in [2.05, 4.69) is 42.1 Å². The minimum absolute atomic E-state index is 0.0197. The smallest absolute Gasteiger partial charge is 0.432 e. The number of ether oxygens (including phenoxy) is 1. The van der Waals surface area contributed by atoms with Crippen molar-refractivity contribution in [1.82, 2.24) is 10.3 Å². The number of H-pyrrole nitrogens is 1. The van der Waals surface area contributed by atoms with Crippen LogP contribution >= 0.6 is 22.6 Å². The van der Waals surface area contributed by atoms with Gasteiger partial charge in [-0.3, -0.25) is 9.35 Å². The lowest BCUT2D eigenvalue weighted by molar-refractivity contribution is -0.118. The lowest BCUT2D eigenvalue weighted by Crippen LogP contribution is -2.22. The number of carbonyl (C=O) groups excluding carboxylic acids is 1. The van der Waals surface area contributed by atoms with E-state index in [1.165, 1.54) is 20.1 Å². The summed E-state index contributed by atoms with van der Waals surface area (Å²) in [6.45, 7) is 1.92. The molecule has 24 heavy (non-hydrogen) atoms. The molecule has 3 N–H and O–H groups in total. The zero-order valence-electron chi connectivity index (χ0n) is 12.8. The molecule has 0 aliphatic rings. The molecule has 11 heteroatoms. The first-order chi connectivity index (χ1) is 11.2. The molecule has 9 nitrogen and oxygen atoms in total. The number of halogens is 1. The number of methoxy groups -OCH3 is 1. The quantitative estimate of drug-likeness (QED) is 0.243. The van der Waals surface area contributed by atoms with E-state index in [4.69, 9.17) is 9.29 Å². The van der Waals surface area contributed by atoms with Gasteiger partial charge < -0.3 is 19.9 Å². The first kappa shape index (κ1) is 18.8. The van der Waals surface area contributed by atoms with Gasteiger partial charge in [-0.25, -0.2) is 0 Å². The van der Waals surface area contributed by atoms with Crippen molar-refractivity contribution < 1.29 is 31.7 Å². The van der Waals surface area contributed by atoms with Gasteiger partial charge in [-0.15, -0.1) is 0 Å². The highest BCUT2D eigenvalue weighted by molar-refractivity contribution is 14.1. The van der Waals surface area contributed by atoms with Crippen molar-refractivity contribution >= 4 is 49.8 Å². The lowest BCUT2D eigenvalue weighted by Gasteiger charge is -2.08. The molecule has 132 valence electrons. The largest absolute Gasteiger partial charge is 0.493 e. The first-order valence-corrected chi connectivity index (χ1v) is 9.11. The summed E-state index contributed by atoms with van der Waals surface area (Å²) in [6.07, 6.45) is 0.600. The summed E-state index contributed by atoms with van der Waals surface area (Å²) in [4.78, 5) is 18.7. The topological polar surface area (TPSA) is 127 Å². The van der Waals surface area contributed by atoms with Crippen molar-refractivity contribution in [3.63, 3.8) is 0 Å². The van der Waals surface area contributed by atoms with E-state index in [1.807, 2.05) is 0 Å². The van der Waals surface area contributed by atoms with Crippen LogP contribution in [0.2, 0.25) is 0 Å². The Morgan fingerprint density at radius 3 is 2.67 bits per heavy atom. The third-order valence-electron chi connectivity index (χ3n) is 3.10. The molecule has 0 saturated carbocycles. The minimum Gasteiger partial charge on any atom is -0.493 e. The van der Waals surface area contributed by atoms with Crippen LogP contribution in [-0.4, -0.2) is 37.5 Å². The predicted molar refractivity (Wildman–Crippen MR) is 93.2 cm³/mol. The highest BCUT2D eigenvalue weighted by Crippen LogP contribution is 2.35. The molecule has 2 aromatic rings. The molecule has 0 spiro atoms. The van der Waals surface area contributed by atoms with E-state index >= 15 is 0 Å². The molecule has 0 aliphatic heterocycles. The van der Waals surface area contributed by atoms with Crippen LogP contribution in [0.25, 0.3) is 10.9 Å². The SMILES string of the molecule is COc1cc2c(CCNC(C)=O)c(I)[nH]c2cc1OOS(=O)(=O)O. The van der Waals surface area contributed by atoms with Crippen LogP contribution in [0, 0.1) is 3.70 Å². The minimum atomic E-state index is -4.75. The Morgan fingerprint density at radius 1 is 1.38 bits per heavy atom. The highest BCUT2D eigenvalue weighted by Gasteiger charge is 2.17. The van der Waals surface area contributed by atoms with Gasteiger partial charge in [0.1, 0.15) is 0 Å². The number of hydrogen-bond acceptors (Lipinski definition) is 6. The zero-order chi connectivity index (χ0) is 17.9. The summed E-state index contributed by atoms with van der Waals surface area (Å²) in [7, 11) is -3.37. The molecule has 0 radical (unpaired) electrons. The second-order valence-electron chi connectivity index (χ2n) is 4.78. The van der Waals surface area contributed by atoms with E-state index in [1.54, 1.807) is 6.07 Å². The summed E-state index contributed by atoms with van der Waals surface area (Å²) < 4.78 is 39.8. The number of nitrogens with one attached hydrogen (secondary N) is 2. The Kier molecular flexibility index (Phi) is 5.90. The maximum atomic E-state index is 11.0. The van der Waals surface area contributed by atoms with E-state index in [0.717, 1.165) is 14.7 Å². The van der Waals surface area contributed by atoms with Gasteiger partial charge >= 0.3 is 10.4 Å². The molecule has 1 aromatic heterocycles. The standard InChI is InChI=1S/C13H15IN2O7S/c1-7(17)15-4-3-8-9-5-11(21-2)12(22-23-24(18,19)20)6-10(9)16-13(8)14/h5-6,16H,3-4H2,1-2H3,(H,15,17)(H,18,19,20). The van der Waals surface area contributed by atoms with Crippen LogP contribution in [0.3, 0.4) is 0 Å². The van der Waals surface area contributed by atoms with Crippen molar-refractivity contribution in [1.29, 1.82) is 0 Å². The molecule has 1 amide bonds. The number of carbonyl (C=O) groups is 1. The Balaban J connectivity index is 2.35. The number of rotatable bonds is 7. The number of aromatic nitrogens is 1. The Hall–Kier alpha value is -1.57. The van der Waals surface area contributed by atoms with E-state index < -0.39 is 10.4 Å². The lowest BCUT2D eigenvalue weighted by atomic mass is 10.1. The van der Waals surface area contributed by atoms with Crippen LogP contribution in [0.1, 0.15) is 12.5 Å². The fraction of sp³-hybridized carbons (Fsp3) is 0.308. The van der Waals surface area contributed by atoms with Gasteiger partial charge in [0, 0.05) is 24.9 Å². The van der Waals surface area contributed by atoms with Crippen molar-refractivity contribution in [2.45, 2.75) is 13.3 Å². The van der Waals surface area contributed by atoms with Gasteiger partial charge in [-0.1, -0.05) is 0 Å². The van der Waals surface area contributed by atoms with Gasteiger partial charge in [0.2, 0.25) is 11.7 Å². The summed E-state index contributed by atoms with van der Waals surface area (Å²) in [5.74, 6) is 0.0940. The van der Waals surface area contributed by atoms with Crippen LogP contribution < -0.4 is 14.9 Å². The fourth-order valence-corrected chi connectivity index (χ4v) is 3.15. The molecule has 0 fully saturated rings. The average molecular weight is 470 g/mol. The number of aromatic amines is 1. The molecule has 0 saturated heterocycles. The Labute approximate surface area is 151 Å². The van der Waals surface area contributed by atoms with Crippen LogP contribution in [0.4, 0.5) is 0 Å². The number of benzene rings is 1. The molecule has 0 bridgehead atoms. The molecular formula is C13H15IN2O7S. The third-order valence-corrected chi connectivity index (χ3v) is 4.26. The fourth-order valence-electron chi connectivity index (χ4n) is 2.14.